The number of anilines is 1. The summed E-state index contributed by atoms with van der Waals surface area (Å²) in [5, 5.41) is 3.05. The van der Waals surface area contributed by atoms with E-state index in [2.05, 4.69) is 15.3 Å². The van der Waals surface area contributed by atoms with E-state index in [1.165, 1.54) is 12.6 Å². The highest BCUT2D eigenvalue weighted by molar-refractivity contribution is 5.92. The average molecular weight is 278 g/mol. The number of ether oxygens (including phenoxy) is 1. The molecule has 0 saturated carbocycles. The van der Waals surface area contributed by atoms with Crippen molar-refractivity contribution in [2.75, 3.05) is 32.1 Å². The molecule has 0 aromatic carbocycles. The summed E-state index contributed by atoms with van der Waals surface area (Å²) in [5.74, 6) is 0.507. The van der Waals surface area contributed by atoms with Crippen molar-refractivity contribution < 1.29 is 9.53 Å². The Balaban J connectivity index is 1.96. The van der Waals surface area contributed by atoms with Crippen molar-refractivity contribution in [1.29, 1.82) is 0 Å². The van der Waals surface area contributed by atoms with Gasteiger partial charge in [-0.05, 0) is 26.2 Å². The maximum Gasteiger partial charge on any atom is 0.273 e. The van der Waals surface area contributed by atoms with E-state index in [1.807, 2.05) is 6.92 Å². The number of nitrogens with zero attached hydrogens (tertiary/aromatic N) is 3. The Hall–Kier alpha value is -1.69. The molecule has 1 unspecified atom stereocenters. The van der Waals surface area contributed by atoms with Gasteiger partial charge in [0.15, 0.2) is 0 Å². The highest BCUT2D eigenvalue weighted by Crippen LogP contribution is 2.14. The van der Waals surface area contributed by atoms with Crippen LogP contribution in [0.4, 0.5) is 5.82 Å². The Labute approximate surface area is 119 Å². The minimum atomic E-state index is -0.119. The molecule has 2 rings (SSSR count). The number of carbonyl (C=O) groups excluding carboxylic acids is 1. The van der Waals surface area contributed by atoms with Crippen molar-refractivity contribution in [2.24, 2.45) is 0 Å². The van der Waals surface area contributed by atoms with Gasteiger partial charge in [0.25, 0.3) is 5.91 Å². The van der Waals surface area contributed by atoms with Crippen LogP contribution in [-0.2, 0) is 4.74 Å². The van der Waals surface area contributed by atoms with E-state index in [0.717, 1.165) is 26.0 Å². The van der Waals surface area contributed by atoms with E-state index in [-0.39, 0.29) is 12.0 Å². The van der Waals surface area contributed by atoms with Crippen molar-refractivity contribution in [3.05, 3.63) is 18.1 Å². The number of likely N-dealkylation sites (N-methyl/N-ethyl adjacent to an activating group) is 1. The molecule has 1 aliphatic heterocycles. The quantitative estimate of drug-likeness (QED) is 0.885. The lowest BCUT2D eigenvalue weighted by atomic mass is 10.1. The lowest BCUT2D eigenvalue weighted by Gasteiger charge is -2.27. The summed E-state index contributed by atoms with van der Waals surface area (Å²) in [5.41, 5.74) is 0.363. The van der Waals surface area contributed by atoms with Gasteiger partial charge in [-0.15, -0.1) is 0 Å². The van der Waals surface area contributed by atoms with Crippen molar-refractivity contribution in [3.63, 3.8) is 0 Å². The van der Waals surface area contributed by atoms with Crippen molar-refractivity contribution in [3.8, 4) is 0 Å². The number of hydrogen-bond donors (Lipinski definition) is 1. The Morgan fingerprint density at radius 2 is 2.35 bits per heavy atom. The molecule has 1 atom stereocenters. The second-order valence-corrected chi connectivity index (χ2v) is 4.99. The van der Waals surface area contributed by atoms with Gasteiger partial charge in [-0.1, -0.05) is 0 Å². The van der Waals surface area contributed by atoms with Crippen LogP contribution in [0.2, 0.25) is 0 Å². The summed E-state index contributed by atoms with van der Waals surface area (Å²) in [6.07, 6.45) is 6.56. The molecule has 6 nitrogen and oxygen atoms in total. The maximum absolute atomic E-state index is 12.3. The topological polar surface area (TPSA) is 67.4 Å². The number of carbonyl (C=O) groups is 1. The predicted molar refractivity (Wildman–Crippen MR) is 76.7 cm³/mol. The Morgan fingerprint density at radius 1 is 1.50 bits per heavy atom. The molecule has 0 spiro atoms. The van der Waals surface area contributed by atoms with Gasteiger partial charge in [-0.25, -0.2) is 4.98 Å². The van der Waals surface area contributed by atoms with Crippen molar-refractivity contribution in [1.82, 2.24) is 14.9 Å². The summed E-state index contributed by atoms with van der Waals surface area (Å²) in [4.78, 5) is 22.3. The zero-order chi connectivity index (χ0) is 14.4. The van der Waals surface area contributed by atoms with E-state index in [0.29, 0.717) is 18.1 Å². The monoisotopic (exact) mass is 278 g/mol. The largest absolute Gasteiger partial charge is 0.376 e. The number of hydrogen-bond acceptors (Lipinski definition) is 5. The SMILES string of the molecule is CCNc1cncc(C(=O)N(C)CC2CCCCO2)n1. The fourth-order valence-corrected chi connectivity index (χ4v) is 2.27. The molecule has 1 saturated heterocycles. The van der Waals surface area contributed by atoms with Crippen LogP contribution in [0.25, 0.3) is 0 Å². The van der Waals surface area contributed by atoms with E-state index in [9.17, 15) is 4.79 Å². The van der Waals surface area contributed by atoms with E-state index in [1.54, 1.807) is 18.1 Å². The van der Waals surface area contributed by atoms with Gasteiger partial charge in [0.05, 0.1) is 18.5 Å². The second kappa shape index (κ2) is 7.19. The summed E-state index contributed by atoms with van der Waals surface area (Å²) >= 11 is 0. The number of nitrogens with one attached hydrogen (secondary N) is 1. The van der Waals surface area contributed by atoms with Crippen LogP contribution in [0.15, 0.2) is 12.4 Å². The molecule has 2 heterocycles. The molecule has 1 aliphatic rings. The second-order valence-electron chi connectivity index (χ2n) is 4.99. The van der Waals surface area contributed by atoms with Crippen molar-refractivity contribution in [2.45, 2.75) is 32.3 Å². The van der Waals surface area contributed by atoms with Crippen molar-refractivity contribution >= 4 is 11.7 Å². The van der Waals surface area contributed by atoms with E-state index >= 15 is 0 Å². The third kappa shape index (κ3) is 3.90. The first kappa shape index (κ1) is 14.7. The van der Waals surface area contributed by atoms with Gasteiger partial charge in [-0.3, -0.25) is 9.78 Å². The molecule has 1 fully saturated rings. The first-order valence-electron chi connectivity index (χ1n) is 7.13. The standard InChI is InChI=1S/C14H22N4O2/c1-3-16-13-9-15-8-12(17-13)14(19)18(2)10-11-6-4-5-7-20-11/h8-9,11H,3-7,10H2,1-2H3,(H,16,17). The fraction of sp³-hybridized carbons (Fsp3) is 0.643. The van der Waals surface area contributed by atoms with Crippen LogP contribution in [-0.4, -0.2) is 53.6 Å². The minimum Gasteiger partial charge on any atom is -0.376 e. The summed E-state index contributed by atoms with van der Waals surface area (Å²) in [6.45, 7) is 4.12. The minimum absolute atomic E-state index is 0.119. The van der Waals surface area contributed by atoms with Gasteiger partial charge in [0.2, 0.25) is 0 Å². The molecule has 110 valence electrons. The van der Waals surface area contributed by atoms with Crippen LogP contribution < -0.4 is 5.32 Å². The molecule has 6 heteroatoms. The molecule has 0 radical (unpaired) electrons. The lowest BCUT2D eigenvalue weighted by Crippen LogP contribution is -2.37. The van der Waals surface area contributed by atoms with Crippen LogP contribution in [0, 0.1) is 0 Å². The summed E-state index contributed by atoms with van der Waals surface area (Å²) in [7, 11) is 1.78. The molecular formula is C14H22N4O2. The fourth-order valence-electron chi connectivity index (χ4n) is 2.27. The first-order valence-corrected chi connectivity index (χ1v) is 7.13. The lowest BCUT2D eigenvalue weighted by molar-refractivity contribution is -0.000295. The number of aromatic nitrogens is 2. The number of amides is 1. The molecule has 0 bridgehead atoms. The Kier molecular flexibility index (Phi) is 5.29. The van der Waals surface area contributed by atoms with Gasteiger partial charge in [0, 0.05) is 26.7 Å². The molecule has 20 heavy (non-hydrogen) atoms. The third-order valence-corrected chi connectivity index (χ3v) is 3.31. The van der Waals surface area contributed by atoms with Crippen LogP contribution in [0.3, 0.4) is 0 Å². The summed E-state index contributed by atoms with van der Waals surface area (Å²) in [6, 6.07) is 0. The van der Waals surface area contributed by atoms with Gasteiger partial charge in [-0.2, -0.15) is 0 Å². The normalized spacial score (nSPS) is 18.6. The van der Waals surface area contributed by atoms with Crippen LogP contribution in [0.5, 0.6) is 0 Å². The van der Waals surface area contributed by atoms with E-state index in [4.69, 9.17) is 4.74 Å². The van der Waals surface area contributed by atoms with Crippen LogP contribution in [0.1, 0.15) is 36.7 Å². The highest BCUT2D eigenvalue weighted by Gasteiger charge is 2.20. The van der Waals surface area contributed by atoms with Gasteiger partial charge >= 0.3 is 0 Å². The third-order valence-electron chi connectivity index (χ3n) is 3.31. The zero-order valence-electron chi connectivity index (χ0n) is 12.1. The molecule has 1 N–H and O–H groups in total. The molecule has 1 aromatic heterocycles. The zero-order valence-corrected chi connectivity index (χ0v) is 12.1. The maximum atomic E-state index is 12.3. The molecule has 0 aliphatic carbocycles. The van der Waals surface area contributed by atoms with E-state index < -0.39 is 0 Å². The molecule has 1 aromatic rings. The summed E-state index contributed by atoms with van der Waals surface area (Å²) < 4.78 is 5.65. The van der Waals surface area contributed by atoms with Gasteiger partial charge in [0.1, 0.15) is 11.5 Å². The Morgan fingerprint density at radius 3 is 3.05 bits per heavy atom. The highest BCUT2D eigenvalue weighted by atomic mass is 16.5. The Bertz CT molecular complexity index is 447. The average Bonchev–Trinajstić information content (AvgIpc) is 2.48. The van der Waals surface area contributed by atoms with Crippen LogP contribution >= 0.6 is 0 Å². The molecular weight excluding hydrogens is 256 g/mol. The number of rotatable bonds is 5. The first-order chi connectivity index (χ1) is 9.70. The van der Waals surface area contributed by atoms with Gasteiger partial charge < -0.3 is 15.0 Å². The smallest absolute Gasteiger partial charge is 0.273 e. The molecule has 1 amide bonds. The predicted octanol–water partition coefficient (Wildman–Crippen LogP) is 1.55.